The minimum atomic E-state index is 0. The van der Waals surface area contributed by atoms with E-state index in [2.05, 4.69) is 38.0 Å². The van der Waals surface area contributed by atoms with Crippen molar-refractivity contribution in [2.45, 2.75) is 45.4 Å². The van der Waals surface area contributed by atoms with Crippen molar-refractivity contribution in [3.8, 4) is 0 Å². The number of nitrogens with two attached hydrogens (primary N) is 1. The van der Waals surface area contributed by atoms with Gasteiger partial charge in [0.2, 0.25) is 0 Å². The summed E-state index contributed by atoms with van der Waals surface area (Å²) in [6, 6.07) is 4.09. The molecule has 3 aromatic heterocycles. The van der Waals surface area contributed by atoms with Crippen LogP contribution in [0.5, 0.6) is 0 Å². The highest BCUT2D eigenvalue weighted by Crippen LogP contribution is 2.37. The molecular formula is C22H32Cl2N8. The lowest BCUT2D eigenvalue weighted by Gasteiger charge is -2.41. The van der Waals surface area contributed by atoms with Crippen LogP contribution in [-0.4, -0.2) is 51.3 Å². The predicted octanol–water partition coefficient (Wildman–Crippen LogP) is 4.02. The number of aryl methyl sites for hydroxylation is 1. The van der Waals surface area contributed by atoms with E-state index in [1.165, 1.54) is 12.8 Å². The summed E-state index contributed by atoms with van der Waals surface area (Å²) in [7, 11) is 0. The van der Waals surface area contributed by atoms with Gasteiger partial charge in [0.1, 0.15) is 5.82 Å². The van der Waals surface area contributed by atoms with Crippen LogP contribution in [0.3, 0.4) is 0 Å². The number of nitrogens with one attached hydrogen (secondary N) is 1. The summed E-state index contributed by atoms with van der Waals surface area (Å²) < 4.78 is 0. The molecule has 5 heterocycles. The van der Waals surface area contributed by atoms with Crippen molar-refractivity contribution in [3.63, 3.8) is 0 Å². The number of nitrogens with zero attached hydrogens (tertiary/aromatic N) is 6. The van der Waals surface area contributed by atoms with Gasteiger partial charge in [0.05, 0.1) is 17.6 Å². The molecule has 0 atom stereocenters. The minimum absolute atomic E-state index is 0. The molecule has 5 rings (SSSR count). The zero-order valence-corrected chi connectivity index (χ0v) is 20.1. The second-order valence-corrected chi connectivity index (χ2v) is 8.64. The van der Waals surface area contributed by atoms with Crippen molar-refractivity contribution in [1.82, 2.24) is 25.1 Å². The Morgan fingerprint density at radius 3 is 2.72 bits per heavy atom. The second-order valence-electron chi connectivity index (χ2n) is 8.64. The highest BCUT2D eigenvalue weighted by atomic mass is 35.5. The fraction of sp³-hybridized carbons (Fsp3) is 0.545. The number of H-pyrrole nitrogens is 1. The first kappa shape index (κ1) is 24.5. The molecule has 0 aliphatic carbocycles. The maximum Gasteiger partial charge on any atom is 0.183 e. The van der Waals surface area contributed by atoms with Crippen LogP contribution < -0.4 is 15.5 Å². The fourth-order valence-corrected chi connectivity index (χ4v) is 5.03. The molecule has 0 amide bonds. The Morgan fingerprint density at radius 1 is 1.16 bits per heavy atom. The van der Waals surface area contributed by atoms with E-state index in [9.17, 15) is 0 Å². The van der Waals surface area contributed by atoms with E-state index >= 15 is 0 Å². The molecule has 0 bridgehead atoms. The Labute approximate surface area is 201 Å². The summed E-state index contributed by atoms with van der Waals surface area (Å²) in [4.78, 5) is 18.7. The Bertz CT molecular complexity index is 1030. The number of hydrogen-bond donors (Lipinski definition) is 2. The Hall–Kier alpha value is -2.16. The first-order valence-electron chi connectivity index (χ1n) is 11.1. The molecule has 1 fully saturated rings. The highest BCUT2D eigenvalue weighted by molar-refractivity contribution is 5.87. The van der Waals surface area contributed by atoms with Crippen LogP contribution in [0.25, 0.3) is 11.2 Å². The maximum absolute atomic E-state index is 6.12. The zero-order chi connectivity index (χ0) is 20.6. The molecule has 174 valence electrons. The zero-order valence-electron chi connectivity index (χ0n) is 18.5. The number of halogens is 2. The molecule has 0 spiro atoms. The van der Waals surface area contributed by atoms with Gasteiger partial charge in [-0.25, -0.2) is 9.97 Å². The van der Waals surface area contributed by atoms with Crippen LogP contribution in [0, 0.1) is 5.41 Å². The van der Waals surface area contributed by atoms with Crippen LogP contribution in [0.4, 0.5) is 17.3 Å². The van der Waals surface area contributed by atoms with E-state index in [1.54, 1.807) is 0 Å². The molecule has 0 radical (unpaired) electrons. The van der Waals surface area contributed by atoms with Crippen molar-refractivity contribution in [2.75, 3.05) is 36.0 Å². The van der Waals surface area contributed by atoms with Crippen molar-refractivity contribution < 1.29 is 0 Å². The van der Waals surface area contributed by atoms with Crippen LogP contribution in [0.15, 0.2) is 24.5 Å². The van der Waals surface area contributed by atoms with Crippen LogP contribution in [0.1, 0.15) is 44.7 Å². The molecular weight excluding hydrogens is 447 g/mol. The molecule has 3 N–H and O–H groups in total. The number of aromatic amines is 1. The maximum atomic E-state index is 6.12. The largest absolute Gasteiger partial charge is 0.355 e. The molecule has 0 aromatic carbocycles. The van der Waals surface area contributed by atoms with Crippen molar-refractivity contribution in [1.29, 1.82) is 0 Å². The van der Waals surface area contributed by atoms with E-state index in [-0.39, 0.29) is 24.8 Å². The molecule has 2 aliphatic heterocycles. The third kappa shape index (κ3) is 4.36. The molecule has 0 saturated carbocycles. The predicted molar refractivity (Wildman–Crippen MR) is 134 cm³/mol. The van der Waals surface area contributed by atoms with E-state index < -0.39 is 0 Å². The van der Waals surface area contributed by atoms with E-state index in [0.717, 1.165) is 86.0 Å². The number of piperidine rings is 1. The summed E-state index contributed by atoms with van der Waals surface area (Å²) >= 11 is 0. The van der Waals surface area contributed by atoms with Gasteiger partial charge in [0.25, 0.3) is 0 Å². The number of fused-ring (bicyclic) bond motifs is 2. The van der Waals surface area contributed by atoms with Gasteiger partial charge in [0, 0.05) is 25.8 Å². The van der Waals surface area contributed by atoms with Crippen LogP contribution >= 0.6 is 24.8 Å². The third-order valence-corrected chi connectivity index (χ3v) is 6.81. The number of anilines is 3. The Balaban J connectivity index is 0.00000144. The second kappa shape index (κ2) is 10.2. The van der Waals surface area contributed by atoms with E-state index in [4.69, 9.17) is 15.7 Å². The third-order valence-electron chi connectivity index (χ3n) is 6.81. The van der Waals surface area contributed by atoms with Gasteiger partial charge < -0.3 is 15.5 Å². The smallest absolute Gasteiger partial charge is 0.183 e. The van der Waals surface area contributed by atoms with Gasteiger partial charge in [-0.1, -0.05) is 13.3 Å². The molecule has 32 heavy (non-hydrogen) atoms. The summed E-state index contributed by atoms with van der Waals surface area (Å²) in [5, 5.41) is 7.69. The number of rotatable bonds is 5. The number of pyridine rings is 1. The summed E-state index contributed by atoms with van der Waals surface area (Å²) in [5.74, 6) is 1.75. The molecule has 3 aromatic rings. The lowest BCUT2D eigenvalue weighted by atomic mass is 9.75. The molecule has 10 heteroatoms. The van der Waals surface area contributed by atoms with Crippen molar-refractivity contribution in [3.05, 3.63) is 30.2 Å². The number of hydrogen-bond acceptors (Lipinski definition) is 7. The van der Waals surface area contributed by atoms with Gasteiger partial charge in [0.15, 0.2) is 17.0 Å². The molecule has 8 nitrogen and oxygen atoms in total. The van der Waals surface area contributed by atoms with Crippen molar-refractivity contribution in [2.24, 2.45) is 11.1 Å². The van der Waals surface area contributed by atoms with Crippen LogP contribution in [-0.2, 0) is 6.42 Å². The van der Waals surface area contributed by atoms with Gasteiger partial charge in [-0.05, 0) is 56.2 Å². The summed E-state index contributed by atoms with van der Waals surface area (Å²) in [6.07, 6.45) is 10.4. The highest BCUT2D eigenvalue weighted by Gasteiger charge is 2.33. The van der Waals surface area contributed by atoms with Gasteiger partial charge in [-0.3, -0.25) is 10.1 Å². The Kier molecular flexibility index (Phi) is 7.79. The minimum Gasteiger partial charge on any atom is -0.355 e. The van der Waals surface area contributed by atoms with E-state index in [0.29, 0.717) is 5.41 Å². The topological polar surface area (TPSA) is 99.9 Å². The molecule has 0 unspecified atom stereocenters. The quantitative estimate of drug-likeness (QED) is 0.570. The standard InChI is InChI=1S/C22H30N8.2ClH/c1-2-7-22(15-23)8-12-29(13-9-22)18-14-25-19-20(26-18)27-28-21(19)30-11-4-5-16-17(30)6-3-10-24-16;;/h3,6,10,14H,2,4-5,7-9,11-13,15,23H2,1H3,(H,26,27,28);2*1H. The lowest BCUT2D eigenvalue weighted by molar-refractivity contribution is 0.207. The monoisotopic (exact) mass is 478 g/mol. The van der Waals surface area contributed by atoms with Crippen LogP contribution in [0.2, 0.25) is 0 Å². The Morgan fingerprint density at radius 2 is 1.97 bits per heavy atom. The molecule has 1 saturated heterocycles. The van der Waals surface area contributed by atoms with Gasteiger partial charge in [-0.15, -0.1) is 24.8 Å². The molecule has 2 aliphatic rings. The first-order valence-corrected chi connectivity index (χ1v) is 11.1. The fourth-order valence-electron chi connectivity index (χ4n) is 5.03. The first-order chi connectivity index (χ1) is 14.7. The van der Waals surface area contributed by atoms with Gasteiger partial charge in [-0.2, -0.15) is 5.10 Å². The average molecular weight is 479 g/mol. The van der Waals surface area contributed by atoms with Gasteiger partial charge >= 0.3 is 0 Å². The SMILES string of the molecule is CCCC1(CN)CCN(c2cnc3c(N4CCCc5ncccc54)n[nH]c3n2)CC1.Cl.Cl. The average Bonchev–Trinajstić information content (AvgIpc) is 3.22. The van der Waals surface area contributed by atoms with Crippen molar-refractivity contribution >= 4 is 53.3 Å². The summed E-state index contributed by atoms with van der Waals surface area (Å²) in [5.41, 5.74) is 10.2. The normalized spacial score (nSPS) is 17.4. The van der Waals surface area contributed by atoms with E-state index in [1.807, 2.05) is 18.5 Å². The number of aromatic nitrogens is 5. The lowest BCUT2D eigenvalue weighted by Crippen LogP contribution is -2.44. The summed E-state index contributed by atoms with van der Waals surface area (Å²) in [6.45, 7) is 5.88.